The van der Waals surface area contributed by atoms with Gasteiger partial charge in [0.05, 0.1) is 13.2 Å². The molecule has 0 unspecified atom stereocenters. The maximum Gasteiger partial charge on any atom is 0.239 e. The number of hydrogen-bond acceptors (Lipinski definition) is 4. The molecule has 6 nitrogen and oxygen atoms in total. The van der Waals surface area contributed by atoms with Crippen LogP contribution >= 0.6 is 12.4 Å². The van der Waals surface area contributed by atoms with Gasteiger partial charge in [0.1, 0.15) is 0 Å². The molecule has 0 atom stereocenters. The van der Waals surface area contributed by atoms with E-state index in [4.69, 9.17) is 4.74 Å². The molecular formula is C11H24ClN3O3. The normalized spacial score (nSPS) is 9.44. The molecule has 18 heavy (non-hydrogen) atoms. The predicted molar refractivity (Wildman–Crippen MR) is 72.9 cm³/mol. The van der Waals surface area contributed by atoms with Gasteiger partial charge in [-0.15, -0.1) is 12.4 Å². The largest absolute Gasteiger partial charge is 0.383 e. The molecule has 108 valence electrons. The molecule has 7 heteroatoms. The summed E-state index contributed by atoms with van der Waals surface area (Å²) in [6.45, 7) is 4.63. The third-order valence-electron chi connectivity index (χ3n) is 2.03. The molecule has 2 amide bonds. The van der Waals surface area contributed by atoms with Gasteiger partial charge < -0.3 is 20.7 Å². The van der Waals surface area contributed by atoms with Crippen LogP contribution < -0.4 is 16.0 Å². The van der Waals surface area contributed by atoms with Crippen molar-refractivity contribution in [1.29, 1.82) is 0 Å². The van der Waals surface area contributed by atoms with Crippen LogP contribution in [0.5, 0.6) is 0 Å². The summed E-state index contributed by atoms with van der Waals surface area (Å²) in [4.78, 5) is 22.3. The second kappa shape index (κ2) is 14.2. The summed E-state index contributed by atoms with van der Waals surface area (Å²) in [7, 11) is 1.64. The maximum absolute atomic E-state index is 11.3. The summed E-state index contributed by atoms with van der Waals surface area (Å²) in [6, 6.07) is 0. The molecule has 0 aliphatic heterocycles. The summed E-state index contributed by atoms with van der Waals surface area (Å²) >= 11 is 0. The van der Waals surface area contributed by atoms with Gasteiger partial charge in [-0.05, 0) is 6.42 Å². The van der Waals surface area contributed by atoms with Gasteiger partial charge in [-0.25, -0.2) is 0 Å². The average molecular weight is 282 g/mol. The van der Waals surface area contributed by atoms with Gasteiger partial charge in [0.15, 0.2) is 0 Å². The minimum atomic E-state index is -0.164. The highest BCUT2D eigenvalue weighted by Crippen LogP contribution is 1.84. The van der Waals surface area contributed by atoms with E-state index < -0.39 is 0 Å². The van der Waals surface area contributed by atoms with E-state index in [1.807, 2.05) is 6.92 Å². The van der Waals surface area contributed by atoms with Crippen molar-refractivity contribution in [2.24, 2.45) is 0 Å². The van der Waals surface area contributed by atoms with Gasteiger partial charge >= 0.3 is 0 Å². The molecule has 3 N–H and O–H groups in total. The Morgan fingerprint density at radius 1 is 1.06 bits per heavy atom. The summed E-state index contributed by atoms with van der Waals surface area (Å²) in [6.07, 6.45) is 1.25. The lowest BCUT2D eigenvalue weighted by Gasteiger charge is -2.07. The number of nitrogens with one attached hydrogen (secondary N) is 3. The van der Waals surface area contributed by atoms with Crippen molar-refractivity contribution in [1.82, 2.24) is 16.0 Å². The van der Waals surface area contributed by atoms with Crippen LogP contribution in [0.2, 0.25) is 0 Å². The second-order valence-electron chi connectivity index (χ2n) is 3.62. The van der Waals surface area contributed by atoms with E-state index in [2.05, 4.69) is 16.0 Å². The summed E-state index contributed by atoms with van der Waals surface area (Å²) < 4.78 is 4.86. The SMILES string of the molecule is CCCC(=O)NCC(=O)NCCNCCOC.Cl. The van der Waals surface area contributed by atoms with Crippen LogP contribution in [0.25, 0.3) is 0 Å². The zero-order chi connectivity index (χ0) is 12.9. The Hall–Kier alpha value is -0.850. The molecule has 0 saturated carbocycles. The third-order valence-corrected chi connectivity index (χ3v) is 2.03. The van der Waals surface area contributed by atoms with Gasteiger partial charge in [-0.1, -0.05) is 6.92 Å². The van der Waals surface area contributed by atoms with Crippen molar-refractivity contribution in [2.75, 3.05) is 39.9 Å². The molecule has 0 rings (SSSR count). The molecular weight excluding hydrogens is 258 g/mol. The number of methoxy groups -OCH3 is 1. The molecule has 0 fully saturated rings. The van der Waals surface area contributed by atoms with Crippen LogP contribution in [0.15, 0.2) is 0 Å². The van der Waals surface area contributed by atoms with E-state index in [-0.39, 0.29) is 30.8 Å². The lowest BCUT2D eigenvalue weighted by molar-refractivity contribution is -0.126. The Morgan fingerprint density at radius 2 is 1.78 bits per heavy atom. The van der Waals surface area contributed by atoms with Crippen molar-refractivity contribution in [3.63, 3.8) is 0 Å². The van der Waals surface area contributed by atoms with Gasteiger partial charge in [0, 0.05) is 33.2 Å². The molecule has 0 bridgehead atoms. The number of halogens is 1. The topological polar surface area (TPSA) is 79.5 Å². The number of carbonyl (C=O) groups is 2. The number of rotatable bonds is 10. The fourth-order valence-corrected chi connectivity index (χ4v) is 1.15. The summed E-state index contributed by atoms with van der Waals surface area (Å²) in [5.74, 6) is -0.246. The van der Waals surface area contributed by atoms with E-state index in [0.29, 0.717) is 26.1 Å². The van der Waals surface area contributed by atoms with Gasteiger partial charge in [0.25, 0.3) is 0 Å². The highest BCUT2D eigenvalue weighted by molar-refractivity contribution is 5.85. The summed E-state index contributed by atoms with van der Waals surface area (Å²) in [5, 5.41) is 8.35. The monoisotopic (exact) mass is 281 g/mol. The first-order valence-corrected chi connectivity index (χ1v) is 5.93. The number of ether oxygens (including phenoxy) is 1. The van der Waals surface area contributed by atoms with Crippen LogP contribution in [0.3, 0.4) is 0 Å². The molecule has 0 saturated heterocycles. The van der Waals surface area contributed by atoms with Crippen molar-refractivity contribution in [3.8, 4) is 0 Å². The lowest BCUT2D eigenvalue weighted by atomic mass is 10.3. The highest BCUT2D eigenvalue weighted by atomic mass is 35.5. The smallest absolute Gasteiger partial charge is 0.239 e. The minimum Gasteiger partial charge on any atom is -0.383 e. The molecule has 0 heterocycles. The Kier molecular flexibility index (Phi) is 15.4. The van der Waals surface area contributed by atoms with E-state index in [9.17, 15) is 9.59 Å². The zero-order valence-electron chi connectivity index (χ0n) is 11.1. The maximum atomic E-state index is 11.3. The van der Waals surface area contributed by atoms with Crippen LogP contribution in [0.1, 0.15) is 19.8 Å². The molecule has 0 aliphatic carbocycles. The number of amides is 2. The highest BCUT2D eigenvalue weighted by Gasteiger charge is 2.03. The first-order valence-electron chi connectivity index (χ1n) is 5.93. The van der Waals surface area contributed by atoms with Crippen molar-refractivity contribution in [2.45, 2.75) is 19.8 Å². The summed E-state index contributed by atoms with van der Waals surface area (Å²) in [5.41, 5.74) is 0. The molecule has 0 spiro atoms. The molecule has 0 aromatic carbocycles. The molecule has 0 radical (unpaired) electrons. The first kappa shape index (κ1) is 19.5. The fraction of sp³-hybridized carbons (Fsp3) is 0.818. The van der Waals surface area contributed by atoms with Crippen molar-refractivity contribution >= 4 is 24.2 Å². The van der Waals surface area contributed by atoms with Crippen molar-refractivity contribution < 1.29 is 14.3 Å². The van der Waals surface area contributed by atoms with Crippen LogP contribution in [0, 0.1) is 0 Å². The van der Waals surface area contributed by atoms with E-state index in [0.717, 1.165) is 13.0 Å². The Balaban J connectivity index is 0. The van der Waals surface area contributed by atoms with Crippen LogP contribution in [0.4, 0.5) is 0 Å². The molecule has 0 aliphatic rings. The fourth-order valence-electron chi connectivity index (χ4n) is 1.15. The minimum absolute atomic E-state index is 0. The zero-order valence-corrected chi connectivity index (χ0v) is 11.9. The molecule has 0 aromatic heterocycles. The average Bonchev–Trinajstić information content (AvgIpc) is 2.31. The standard InChI is InChI=1S/C11H23N3O3.ClH/c1-3-4-10(15)14-9-11(16)13-6-5-12-7-8-17-2;/h12H,3-9H2,1-2H3,(H,13,16)(H,14,15);1H. The Morgan fingerprint density at radius 3 is 2.39 bits per heavy atom. The van der Waals surface area contributed by atoms with Crippen LogP contribution in [-0.2, 0) is 14.3 Å². The van der Waals surface area contributed by atoms with E-state index >= 15 is 0 Å². The number of carbonyl (C=O) groups excluding carboxylic acids is 2. The quantitative estimate of drug-likeness (QED) is 0.480. The van der Waals surface area contributed by atoms with E-state index in [1.165, 1.54) is 0 Å². The van der Waals surface area contributed by atoms with Gasteiger partial charge in [0.2, 0.25) is 11.8 Å². The Labute approximate surface area is 115 Å². The Bertz CT molecular complexity index is 228. The van der Waals surface area contributed by atoms with Gasteiger partial charge in [-0.2, -0.15) is 0 Å². The second-order valence-corrected chi connectivity index (χ2v) is 3.62. The third kappa shape index (κ3) is 13.2. The van der Waals surface area contributed by atoms with E-state index in [1.54, 1.807) is 7.11 Å². The van der Waals surface area contributed by atoms with Gasteiger partial charge in [-0.3, -0.25) is 9.59 Å². The molecule has 0 aromatic rings. The first-order chi connectivity index (χ1) is 8.20. The van der Waals surface area contributed by atoms with Crippen molar-refractivity contribution in [3.05, 3.63) is 0 Å². The lowest BCUT2D eigenvalue weighted by Crippen LogP contribution is -2.39. The van der Waals surface area contributed by atoms with Crippen LogP contribution in [-0.4, -0.2) is 51.7 Å². The number of hydrogen-bond donors (Lipinski definition) is 3. The predicted octanol–water partition coefficient (Wildman–Crippen LogP) is -0.323.